The highest BCUT2D eigenvalue weighted by Crippen LogP contribution is 2.26. The van der Waals surface area contributed by atoms with Crippen LogP contribution in [0.4, 0.5) is 10.2 Å². The fourth-order valence-electron chi connectivity index (χ4n) is 2.33. The van der Waals surface area contributed by atoms with Crippen molar-refractivity contribution in [2.45, 2.75) is 33.1 Å². The molecule has 1 fully saturated rings. The fraction of sp³-hybridized carbons (Fsp3) is 0.600. The van der Waals surface area contributed by atoms with E-state index in [1.165, 1.54) is 12.7 Å². The Bertz CT molecular complexity index is 510. The van der Waals surface area contributed by atoms with Crippen molar-refractivity contribution >= 4 is 5.82 Å². The molecule has 1 unspecified atom stereocenters. The Kier molecular flexibility index (Phi) is 5.16. The summed E-state index contributed by atoms with van der Waals surface area (Å²) < 4.78 is 19.6. The molecule has 1 aromatic heterocycles. The average Bonchev–Trinajstić information content (AvgIpc) is 2.45. The molecule has 1 atom stereocenters. The number of anilines is 1. The van der Waals surface area contributed by atoms with Crippen molar-refractivity contribution in [2.24, 2.45) is 5.92 Å². The summed E-state index contributed by atoms with van der Waals surface area (Å²) in [6.45, 7) is 5.92. The van der Waals surface area contributed by atoms with E-state index in [9.17, 15) is 4.39 Å². The number of hydrogen-bond donors (Lipinski definition) is 0. The summed E-state index contributed by atoms with van der Waals surface area (Å²) in [7, 11) is 0. The van der Waals surface area contributed by atoms with Crippen LogP contribution in [0.5, 0.6) is 5.88 Å². The predicted molar refractivity (Wildman–Crippen MR) is 76.2 cm³/mol. The van der Waals surface area contributed by atoms with Crippen LogP contribution < -0.4 is 9.64 Å². The van der Waals surface area contributed by atoms with Crippen LogP contribution >= 0.6 is 0 Å². The summed E-state index contributed by atoms with van der Waals surface area (Å²) in [4.78, 5) is 9.88. The van der Waals surface area contributed by atoms with Crippen molar-refractivity contribution in [2.75, 3.05) is 24.6 Å². The molecule has 108 valence electrons. The van der Waals surface area contributed by atoms with Crippen molar-refractivity contribution in [3.8, 4) is 17.7 Å². The van der Waals surface area contributed by atoms with E-state index in [0.29, 0.717) is 11.7 Å². The maximum absolute atomic E-state index is 14.4. The Morgan fingerprint density at radius 3 is 3.05 bits per heavy atom. The third kappa shape index (κ3) is 3.60. The van der Waals surface area contributed by atoms with Gasteiger partial charge in [0.2, 0.25) is 5.82 Å². The number of hydrogen-bond acceptors (Lipinski definition) is 4. The maximum Gasteiger partial charge on any atom is 0.256 e. The standard InChI is InChI=1S/C15H20FN3O/c1-3-4-5-9-20-15-13(16)14(17-11-18-15)19-8-6-7-12(2)10-19/h11-12H,3,6-10H2,1-2H3. The van der Waals surface area contributed by atoms with E-state index in [4.69, 9.17) is 4.74 Å². The van der Waals surface area contributed by atoms with Crippen LogP contribution in [0, 0.1) is 23.6 Å². The van der Waals surface area contributed by atoms with Crippen molar-refractivity contribution in [3.05, 3.63) is 12.1 Å². The lowest BCUT2D eigenvalue weighted by atomic mass is 10.0. The zero-order valence-corrected chi connectivity index (χ0v) is 12.0. The summed E-state index contributed by atoms with van der Waals surface area (Å²) in [5.74, 6) is 6.06. The highest BCUT2D eigenvalue weighted by molar-refractivity contribution is 5.43. The number of nitrogens with zero attached hydrogens (tertiary/aromatic N) is 3. The molecule has 1 aliphatic rings. The second kappa shape index (κ2) is 7.09. The molecule has 0 aliphatic carbocycles. The van der Waals surface area contributed by atoms with Crippen LogP contribution in [0.25, 0.3) is 0 Å². The number of aromatic nitrogens is 2. The lowest BCUT2D eigenvalue weighted by Gasteiger charge is -2.31. The Hall–Kier alpha value is -1.83. The van der Waals surface area contributed by atoms with Gasteiger partial charge in [0.1, 0.15) is 6.33 Å². The third-order valence-corrected chi connectivity index (χ3v) is 3.28. The molecule has 2 heterocycles. The molecule has 0 amide bonds. The van der Waals surface area contributed by atoms with Crippen LogP contribution in [0.15, 0.2) is 6.33 Å². The van der Waals surface area contributed by atoms with Gasteiger partial charge < -0.3 is 9.64 Å². The summed E-state index contributed by atoms with van der Waals surface area (Å²) in [6, 6.07) is 0. The molecular formula is C15H20FN3O. The van der Waals surface area contributed by atoms with Gasteiger partial charge in [0.25, 0.3) is 5.88 Å². The van der Waals surface area contributed by atoms with Gasteiger partial charge in [0.15, 0.2) is 12.4 Å². The second-order valence-corrected chi connectivity index (χ2v) is 5.01. The van der Waals surface area contributed by atoms with Crippen molar-refractivity contribution in [3.63, 3.8) is 0 Å². The van der Waals surface area contributed by atoms with Gasteiger partial charge in [-0.3, -0.25) is 0 Å². The van der Waals surface area contributed by atoms with E-state index in [-0.39, 0.29) is 12.5 Å². The topological polar surface area (TPSA) is 38.3 Å². The van der Waals surface area contributed by atoms with Crippen LogP contribution in [-0.2, 0) is 0 Å². The van der Waals surface area contributed by atoms with Crippen molar-refractivity contribution < 1.29 is 9.13 Å². The Labute approximate surface area is 119 Å². The van der Waals surface area contributed by atoms with Gasteiger partial charge in [0, 0.05) is 19.5 Å². The van der Waals surface area contributed by atoms with Crippen molar-refractivity contribution in [1.82, 2.24) is 9.97 Å². The zero-order chi connectivity index (χ0) is 14.4. The summed E-state index contributed by atoms with van der Waals surface area (Å²) in [5, 5.41) is 0. The first-order valence-corrected chi connectivity index (χ1v) is 7.06. The third-order valence-electron chi connectivity index (χ3n) is 3.28. The molecule has 0 N–H and O–H groups in total. The zero-order valence-electron chi connectivity index (χ0n) is 12.0. The minimum atomic E-state index is -0.486. The highest BCUT2D eigenvalue weighted by atomic mass is 19.1. The SMILES string of the molecule is CCC#CCOc1ncnc(N2CCCC(C)C2)c1F. The molecule has 0 spiro atoms. The minimum Gasteiger partial charge on any atom is -0.462 e. The van der Waals surface area contributed by atoms with Crippen molar-refractivity contribution in [1.29, 1.82) is 0 Å². The Morgan fingerprint density at radius 2 is 2.30 bits per heavy atom. The lowest BCUT2D eigenvalue weighted by molar-refractivity contribution is 0.329. The molecule has 1 saturated heterocycles. The summed E-state index contributed by atoms with van der Waals surface area (Å²) in [5.41, 5.74) is 0. The molecule has 0 aromatic carbocycles. The van der Waals surface area contributed by atoms with E-state index in [2.05, 4.69) is 28.7 Å². The van der Waals surface area contributed by atoms with E-state index in [0.717, 1.165) is 25.9 Å². The van der Waals surface area contributed by atoms with Crippen LogP contribution in [0.2, 0.25) is 0 Å². The first kappa shape index (κ1) is 14.6. The predicted octanol–water partition coefficient (Wildman–Crippen LogP) is 2.64. The largest absolute Gasteiger partial charge is 0.462 e. The van der Waals surface area contributed by atoms with Gasteiger partial charge in [-0.25, -0.2) is 4.98 Å². The minimum absolute atomic E-state index is 0.0152. The Morgan fingerprint density at radius 1 is 1.45 bits per heavy atom. The molecule has 20 heavy (non-hydrogen) atoms. The highest BCUT2D eigenvalue weighted by Gasteiger charge is 2.22. The van der Waals surface area contributed by atoms with Crippen LogP contribution in [0.1, 0.15) is 33.1 Å². The quantitative estimate of drug-likeness (QED) is 0.796. The molecule has 0 bridgehead atoms. The molecule has 1 aliphatic heterocycles. The van der Waals surface area contributed by atoms with Crippen LogP contribution in [-0.4, -0.2) is 29.7 Å². The molecule has 5 heteroatoms. The second-order valence-electron chi connectivity index (χ2n) is 5.01. The molecule has 4 nitrogen and oxygen atoms in total. The molecule has 2 rings (SSSR count). The van der Waals surface area contributed by atoms with Gasteiger partial charge in [-0.2, -0.15) is 9.37 Å². The Balaban J connectivity index is 2.10. The van der Waals surface area contributed by atoms with Gasteiger partial charge in [-0.05, 0) is 18.8 Å². The first-order chi connectivity index (χ1) is 9.72. The molecule has 1 aromatic rings. The monoisotopic (exact) mass is 277 g/mol. The van der Waals surface area contributed by atoms with Gasteiger partial charge >= 0.3 is 0 Å². The number of piperidine rings is 1. The molecule has 0 radical (unpaired) electrons. The smallest absolute Gasteiger partial charge is 0.256 e. The first-order valence-electron chi connectivity index (χ1n) is 7.06. The molecular weight excluding hydrogens is 257 g/mol. The summed E-state index contributed by atoms with van der Waals surface area (Å²) >= 11 is 0. The van der Waals surface area contributed by atoms with Crippen LogP contribution in [0.3, 0.4) is 0 Å². The van der Waals surface area contributed by atoms with E-state index in [1.54, 1.807) is 0 Å². The lowest BCUT2D eigenvalue weighted by Crippen LogP contribution is -2.35. The summed E-state index contributed by atoms with van der Waals surface area (Å²) in [6.07, 6.45) is 4.34. The average molecular weight is 277 g/mol. The number of ether oxygens (including phenoxy) is 1. The van der Waals surface area contributed by atoms with Gasteiger partial charge in [-0.15, -0.1) is 5.92 Å². The normalized spacial score (nSPS) is 18.4. The van der Waals surface area contributed by atoms with E-state index >= 15 is 0 Å². The number of halogens is 1. The van der Waals surface area contributed by atoms with Gasteiger partial charge in [-0.1, -0.05) is 19.8 Å². The van der Waals surface area contributed by atoms with Gasteiger partial charge in [0.05, 0.1) is 0 Å². The maximum atomic E-state index is 14.4. The molecule has 0 saturated carbocycles. The van der Waals surface area contributed by atoms with E-state index in [1.807, 2.05) is 11.8 Å². The van der Waals surface area contributed by atoms with E-state index < -0.39 is 5.82 Å². The fourth-order valence-corrected chi connectivity index (χ4v) is 2.33. The number of rotatable bonds is 3.